The van der Waals surface area contributed by atoms with E-state index in [1.54, 1.807) is 6.08 Å². The molecule has 0 saturated carbocycles. The lowest BCUT2D eigenvalue weighted by Gasteiger charge is -2.39. The molecule has 1 heterocycles. The zero-order valence-corrected chi connectivity index (χ0v) is 28.5. The first kappa shape index (κ1) is 42.4. The highest BCUT2D eigenvalue weighted by molar-refractivity contribution is 5.71. The van der Waals surface area contributed by atoms with Crippen LogP contribution in [0.2, 0.25) is 0 Å². The Labute approximate surface area is 281 Å². The first-order valence-corrected chi connectivity index (χ1v) is 17.4. The summed E-state index contributed by atoms with van der Waals surface area (Å²) in [6.07, 6.45) is 24.4. The van der Waals surface area contributed by atoms with Gasteiger partial charge in [-0.25, -0.2) is 0 Å². The third-order valence-electron chi connectivity index (χ3n) is 7.43. The Balaban J connectivity index is 2.54. The van der Waals surface area contributed by atoms with Crippen LogP contribution in [-0.4, -0.2) is 89.0 Å². The van der Waals surface area contributed by atoms with Gasteiger partial charge < -0.3 is 39.4 Å². The maximum Gasteiger partial charge on any atom is 0.309 e. The molecule has 1 rings (SSSR count). The first-order valence-electron chi connectivity index (χ1n) is 17.4. The predicted octanol–water partition coefficient (Wildman–Crippen LogP) is 5.54. The molecule has 0 aromatic heterocycles. The quantitative estimate of drug-likeness (QED) is 0.0527. The van der Waals surface area contributed by atoms with Gasteiger partial charge in [0.05, 0.1) is 19.6 Å². The molecule has 0 aromatic carbocycles. The van der Waals surface area contributed by atoms with Crippen LogP contribution in [0.15, 0.2) is 60.8 Å². The van der Waals surface area contributed by atoms with Gasteiger partial charge in [-0.15, -0.1) is 0 Å². The van der Waals surface area contributed by atoms with Crippen molar-refractivity contribution in [3.8, 4) is 0 Å². The third kappa shape index (κ3) is 21.1. The van der Waals surface area contributed by atoms with Crippen molar-refractivity contribution in [2.45, 2.75) is 141 Å². The number of ether oxygens (including phenoxy) is 4. The van der Waals surface area contributed by atoms with Crippen molar-refractivity contribution in [1.29, 1.82) is 0 Å². The van der Waals surface area contributed by atoms with Crippen LogP contribution in [0.3, 0.4) is 0 Å². The van der Waals surface area contributed by atoms with Crippen LogP contribution in [0.25, 0.3) is 0 Å². The molecule has 3 unspecified atom stereocenters. The van der Waals surface area contributed by atoms with Crippen molar-refractivity contribution < 1.29 is 49.0 Å². The van der Waals surface area contributed by atoms with Gasteiger partial charge in [0.2, 0.25) is 0 Å². The van der Waals surface area contributed by atoms with E-state index in [4.69, 9.17) is 18.9 Å². The number of unbranched alkanes of at least 4 members (excludes halogenated alkanes) is 6. The lowest BCUT2D eigenvalue weighted by molar-refractivity contribution is -0.305. The van der Waals surface area contributed by atoms with Gasteiger partial charge in [-0.05, 0) is 44.9 Å². The summed E-state index contributed by atoms with van der Waals surface area (Å²) in [7, 11) is 0. The van der Waals surface area contributed by atoms with Gasteiger partial charge in [0, 0.05) is 6.42 Å². The zero-order valence-electron chi connectivity index (χ0n) is 28.5. The van der Waals surface area contributed by atoms with Crippen LogP contribution in [0, 0.1) is 0 Å². The molecule has 10 nitrogen and oxygen atoms in total. The maximum atomic E-state index is 12.6. The Hall–Kier alpha value is -2.60. The second kappa shape index (κ2) is 28.4. The number of rotatable bonds is 26. The van der Waals surface area contributed by atoms with Gasteiger partial charge >= 0.3 is 11.9 Å². The van der Waals surface area contributed by atoms with Gasteiger partial charge in [0.15, 0.2) is 12.4 Å². The van der Waals surface area contributed by atoms with Crippen molar-refractivity contribution in [2.24, 2.45) is 0 Å². The van der Waals surface area contributed by atoms with Crippen molar-refractivity contribution in [3.63, 3.8) is 0 Å². The van der Waals surface area contributed by atoms with E-state index in [1.807, 2.05) is 30.4 Å². The summed E-state index contributed by atoms with van der Waals surface area (Å²) in [6.45, 7) is 3.07. The molecular weight excluding hydrogens is 604 g/mol. The SMILES string of the molecule is CC/C=C/C/C=C/C/C=C/CC(=O)OCC(CO[C@@H]1O[C@H](CO)[C@H](O)C(O)C1O)OC(=O)CC/C=C/C/C=C/CCCCCCCC. The van der Waals surface area contributed by atoms with Gasteiger partial charge in [-0.3, -0.25) is 9.59 Å². The molecule has 0 spiro atoms. The monoisotopic (exact) mass is 664 g/mol. The molecule has 1 aliphatic heterocycles. The average Bonchev–Trinajstić information content (AvgIpc) is 3.06. The number of aliphatic hydroxyl groups excluding tert-OH is 4. The van der Waals surface area contributed by atoms with Gasteiger partial charge in [-0.2, -0.15) is 0 Å². The molecule has 0 aliphatic carbocycles. The summed E-state index contributed by atoms with van der Waals surface area (Å²) in [5.41, 5.74) is 0. The molecule has 1 fully saturated rings. The smallest absolute Gasteiger partial charge is 0.309 e. The summed E-state index contributed by atoms with van der Waals surface area (Å²) in [5.74, 6) is -1.04. The Morgan fingerprint density at radius 2 is 1.32 bits per heavy atom. The summed E-state index contributed by atoms with van der Waals surface area (Å²) in [5, 5.41) is 39.7. The van der Waals surface area contributed by atoms with E-state index in [1.165, 1.54) is 38.5 Å². The fourth-order valence-electron chi connectivity index (χ4n) is 4.65. The largest absolute Gasteiger partial charge is 0.461 e. The molecule has 6 atom stereocenters. The topological polar surface area (TPSA) is 152 Å². The molecule has 268 valence electrons. The number of aliphatic hydroxyl groups is 4. The maximum absolute atomic E-state index is 12.6. The molecule has 1 saturated heterocycles. The Kier molecular flexibility index (Phi) is 25.6. The van der Waals surface area contributed by atoms with Crippen LogP contribution >= 0.6 is 0 Å². The van der Waals surface area contributed by atoms with E-state index in [0.29, 0.717) is 12.8 Å². The van der Waals surface area contributed by atoms with Crippen molar-refractivity contribution in [1.82, 2.24) is 0 Å². The molecule has 0 bridgehead atoms. The Morgan fingerprint density at radius 1 is 0.702 bits per heavy atom. The standard InChI is InChI=1S/C37H60O10/c1-3-5-7-9-11-13-14-15-16-18-20-22-24-26-33(40)46-30(29-45-37-36(43)35(42)34(41)31(27-38)47-37)28-44-32(39)25-23-21-19-17-12-10-8-6-4-2/h6,8,12,15-17,20-23,30-31,34-38,41-43H,3-5,7,9-11,13-14,18-19,24-29H2,1-2H3/b8-6+,16-15+,17-12+,22-20+,23-21+/t30?,31-,34+,35?,36?,37-/m1/s1. The minimum absolute atomic E-state index is 0.0377. The van der Waals surface area contributed by atoms with E-state index in [-0.39, 0.29) is 26.1 Å². The highest BCUT2D eigenvalue weighted by Gasteiger charge is 2.44. The second-order valence-electron chi connectivity index (χ2n) is 11.6. The van der Waals surface area contributed by atoms with Crippen LogP contribution < -0.4 is 0 Å². The van der Waals surface area contributed by atoms with E-state index in [2.05, 4.69) is 38.2 Å². The molecule has 1 aliphatic rings. The Bertz CT molecular complexity index is 955. The van der Waals surface area contributed by atoms with E-state index in [9.17, 15) is 30.0 Å². The van der Waals surface area contributed by atoms with Crippen LogP contribution in [-0.2, 0) is 28.5 Å². The molecule has 0 amide bonds. The number of allylic oxidation sites excluding steroid dienone is 9. The predicted molar refractivity (Wildman–Crippen MR) is 182 cm³/mol. The summed E-state index contributed by atoms with van der Waals surface area (Å²) in [4.78, 5) is 24.9. The summed E-state index contributed by atoms with van der Waals surface area (Å²) in [6, 6.07) is 0. The molecule has 0 radical (unpaired) electrons. The summed E-state index contributed by atoms with van der Waals surface area (Å²) < 4.78 is 21.7. The number of carbonyl (C=O) groups excluding carboxylic acids is 2. The minimum Gasteiger partial charge on any atom is -0.461 e. The fraction of sp³-hybridized carbons (Fsp3) is 0.676. The van der Waals surface area contributed by atoms with Crippen molar-refractivity contribution in [3.05, 3.63) is 60.8 Å². The van der Waals surface area contributed by atoms with Gasteiger partial charge in [0.25, 0.3) is 0 Å². The van der Waals surface area contributed by atoms with E-state index in [0.717, 1.165) is 25.7 Å². The number of carbonyl (C=O) groups is 2. The highest BCUT2D eigenvalue weighted by Crippen LogP contribution is 2.22. The normalized spacial score (nSPS) is 22.7. The molecule has 0 aromatic rings. The van der Waals surface area contributed by atoms with E-state index >= 15 is 0 Å². The number of hydrogen-bond acceptors (Lipinski definition) is 10. The van der Waals surface area contributed by atoms with Crippen LogP contribution in [0.5, 0.6) is 0 Å². The van der Waals surface area contributed by atoms with Crippen molar-refractivity contribution in [2.75, 3.05) is 19.8 Å². The molecule has 47 heavy (non-hydrogen) atoms. The number of esters is 2. The lowest BCUT2D eigenvalue weighted by Crippen LogP contribution is -2.59. The second-order valence-corrected chi connectivity index (χ2v) is 11.6. The molecule has 10 heteroatoms. The van der Waals surface area contributed by atoms with Crippen LogP contribution in [0.1, 0.15) is 104 Å². The van der Waals surface area contributed by atoms with Gasteiger partial charge in [0.1, 0.15) is 31.0 Å². The Morgan fingerprint density at radius 3 is 2.00 bits per heavy atom. The highest BCUT2D eigenvalue weighted by atomic mass is 16.7. The molecule has 4 N–H and O–H groups in total. The zero-order chi connectivity index (χ0) is 34.5. The minimum atomic E-state index is -1.61. The average molecular weight is 665 g/mol. The van der Waals surface area contributed by atoms with Crippen LogP contribution in [0.4, 0.5) is 0 Å². The lowest BCUT2D eigenvalue weighted by atomic mass is 9.99. The fourth-order valence-corrected chi connectivity index (χ4v) is 4.65. The van der Waals surface area contributed by atoms with E-state index < -0.39 is 55.4 Å². The van der Waals surface area contributed by atoms with Crippen molar-refractivity contribution >= 4 is 11.9 Å². The summed E-state index contributed by atoms with van der Waals surface area (Å²) >= 11 is 0. The molecular formula is C37H60O10. The van der Waals surface area contributed by atoms with Gasteiger partial charge in [-0.1, -0.05) is 107 Å². The third-order valence-corrected chi connectivity index (χ3v) is 7.43. The number of hydrogen-bond donors (Lipinski definition) is 4. The first-order chi connectivity index (χ1) is 22.8.